The maximum atomic E-state index is 11.7. The van der Waals surface area contributed by atoms with Crippen LogP contribution in [-0.4, -0.2) is 17.6 Å². The lowest BCUT2D eigenvalue weighted by atomic mass is 9.98. The summed E-state index contributed by atoms with van der Waals surface area (Å²) in [7, 11) is 0. The summed E-state index contributed by atoms with van der Waals surface area (Å²) in [6, 6.07) is 7.53. The minimum atomic E-state index is -0.777. The van der Waals surface area contributed by atoms with Gasteiger partial charge < -0.3 is 15.8 Å². The van der Waals surface area contributed by atoms with Gasteiger partial charge in [-0.1, -0.05) is 31.9 Å². The van der Waals surface area contributed by atoms with Crippen LogP contribution < -0.4 is 11.1 Å². The van der Waals surface area contributed by atoms with Crippen LogP contribution in [0.4, 0.5) is 10.5 Å². The van der Waals surface area contributed by atoms with Gasteiger partial charge in [0.15, 0.2) is 0 Å². The summed E-state index contributed by atoms with van der Waals surface area (Å²) in [5.74, 6) is 0.0404. The Morgan fingerprint density at radius 2 is 1.82 bits per heavy atom. The molecule has 0 saturated carbocycles. The van der Waals surface area contributed by atoms with Crippen molar-refractivity contribution in [2.45, 2.75) is 58.5 Å². The van der Waals surface area contributed by atoms with Crippen molar-refractivity contribution in [3.63, 3.8) is 0 Å². The quantitative estimate of drug-likeness (QED) is 0.720. The highest BCUT2D eigenvalue weighted by Crippen LogP contribution is 2.19. The molecule has 1 aromatic rings. The molecule has 0 aliphatic heterocycles. The standard InChI is InChI=1S/C17H26N2O3/c1-4-5-6-7-15(20)19-14-10-8-13(9-11-14)12-17(2,3)22-16(18)21/h8-11H,4-7,12H2,1-3H3,(H2,18,21)(H,19,20). The van der Waals surface area contributed by atoms with E-state index in [4.69, 9.17) is 10.5 Å². The average molecular weight is 306 g/mol. The van der Waals surface area contributed by atoms with Crippen molar-refractivity contribution in [2.24, 2.45) is 5.73 Å². The Morgan fingerprint density at radius 1 is 1.18 bits per heavy atom. The van der Waals surface area contributed by atoms with Gasteiger partial charge in [0.25, 0.3) is 0 Å². The van der Waals surface area contributed by atoms with E-state index in [9.17, 15) is 9.59 Å². The number of anilines is 1. The molecule has 122 valence electrons. The van der Waals surface area contributed by atoms with Crippen LogP contribution in [0, 0.1) is 0 Å². The zero-order valence-corrected chi connectivity index (χ0v) is 13.6. The smallest absolute Gasteiger partial charge is 0.405 e. The van der Waals surface area contributed by atoms with Crippen molar-refractivity contribution in [1.82, 2.24) is 0 Å². The molecule has 1 rings (SSSR count). The van der Waals surface area contributed by atoms with Crippen molar-refractivity contribution >= 4 is 17.7 Å². The third-order valence-corrected chi connectivity index (χ3v) is 3.25. The molecule has 0 heterocycles. The fraction of sp³-hybridized carbons (Fsp3) is 0.529. The molecule has 0 bridgehead atoms. The molecular weight excluding hydrogens is 280 g/mol. The molecule has 0 radical (unpaired) electrons. The number of carbonyl (C=O) groups excluding carboxylic acids is 2. The monoisotopic (exact) mass is 306 g/mol. The first kappa shape index (κ1) is 18.0. The predicted molar refractivity (Wildman–Crippen MR) is 87.7 cm³/mol. The molecule has 3 N–H and O–H groups in total. The van der Waals surface area contributed by atoms with E-state index < -0.39 is 11.7 Å². The van der Waals surface area contributed by atoms with Gasteiger partial charge in [-0.2, -0.15) is 0 Å². The van der Waals surface area contributed by atoms with Gasteiger partial charge in [0.2, 0.25) is 5.91 Å². The van der Waals surface area contributed by atoms with Gasteiger partial charge in [0.05, 0.1) is 0 Å². The summed E-state index contributed by atoms with van der Waals surface area (Å²) in [5, 5.41) is 2.88. The molecule has 5 heteroatoms. The summed E-state index contributed by atoms with van der Waals surface area (Å²) in [6.07, 6.45) is 3.42. The van der Waals surface area contributed by atoms with Gasteiger partial charge in [-0.25, -0.2) is 4.79 Å². The lowest BCUT2D eigenvalue weighted by Gasteiger charge is -2.24. The second kappa shape index (κ2) is 8.41. The third kappa shape index (κ3) is 7.11. The maximum Gasteiger partial charge on any atom is 0.405 e. The topological polar surface area (TPSA) is 81.4 Å². The minimum absolute atomic E-state index is 0.0404. The SMILES string of the molecule is CCCCCC(=O)Nc1ccc(CC(C)(C)OC(N)=O)cc1. The Kier molecular flexibility index (Phi) is 6.89. The number of primary amides is 1. The fourth-order valence-electron chi connectivity index (χ4n) is 2.26. The summed E-state index contributed by atoms with van der Waals surface area (Å²) in [5.41, 5.74) is 6.18. The zero-order valence-electron chi connectivity index (χ0n) is 13.6. The van der Waals surface area contributed by atoms with E-state index in [0.717, 1.165) is 30.5 Å². The predicted octanol–water partition coefficient (Wildman–Crippen LogP) is 3.62. The van der Waals surface area contributed by atoms with Crippen LogP contribution in [0.2, 0.25) is 0 Å². The number of carbonyl (C=O) groups is 2. The second-order valence-electron chi connectivity index (χ2n) is 6.06. The summed E-state index contributed by atoms with van der Waals surface area (Å²) in [6.45, 7) is 5.72. The van der Waals surface area contributed by atoms with E-state index in [1.165, 1.54) is 0 Å². The molecule has 0 aliphatic carbocycles. The van der Waals surface area contributed by atoms with Crippen LogP contribution in [-0.2, 0) is 16.0 Å². The Bertz CT molecular complexity index is 495. The fourth-order valence-corrected chi connectivity index (χ4v) is 2.26. The van der Waals surface area contributed by atoms with Crippen molar-refractivity contribution in [3.05, 3.63) is 29.8 Å². The Morgan fingerprint density at radius 3 is 2.36 bits per heavy atom. The van der Waals surface area contributed by atoms with Crippen LogP contribution in [0.25, 0.3) is 0 Å². The van der Waals surface area contributed by atoms with Gasteiger partial charge in [0.1, 0.15) is 5.60 Å². The summed E-state index contributed by atoms with van der Waals surface area (Å²) < 4.78 is 5.06. The Hall–Kier alpha value is -2.04. The van der Waals surface area contributed by atoms with E-state index in [1.807, 2.05) is 24.3 Å². The van der Waals surface area contributed by atoms with E-state index >= 15 is 0 Å². The molecule has 0 aromatic heterocycles. The molecule has 0 fully saturated rings. The largest absolute Gasteiger partial charge is 0.443 e. The summed E-state index contributed by atoms with van der Waals surface area (Å²) in [4.78, 5) is 22.6. The van der Waals surface area contributed by atoms with Crippen molar-refractivity contribution in [3.8, 4) is 0 Å². The lowest BCUT2D eigenvalue weighted by Crippen LogP contribution is -2.33. The minimum Gasteiger partial charge on any atom is -0.443 e. The van der Waals surface area contributed by atoms with Crippen molar-refractivity contribution in [2.75, 3.05) is 5.32 Å². The number of hydrogen-bond donors (Lipinski definition) is 2. The number of ether oxygens (including phenoxy) is 1. The average Bonchev–Trinajstić information content (AvgIpc) is 2.39. The van der Waals surface area contributed by atoms with Gasteiger partial charge >= 0.3 is 6.09 Å². The molecule has 1 aromatic carbocycles. The van der Waals surface area contributed by atoms with E-state index in [2.05, 4.69) is 12.2 Å². The number of benzene rings is 1. The van der Waals surface area contributed by atoms with Gasteiger partial charge in [-0.05, 0) is 38.0 Å². The second-order valence-corrected chi connectivity index (χ2v) is 6.06. The molecule has 22 heavy (non-hydrogen) atoms. The molecule has 2 amide bonds. The Balaban J connectivity index is 2.52. The number of hydrogen-bond acceptors (Lipinski definition) is 3. The number of nitrogens with two attached hydrogens (primary N) is 1. The molecule has 0 atom stereocenters. The van der Waals surface area contributed by atoms with Crippen LogP contribution in [0.15, 0.2) is 24.3 Å². The van der Waals surface area contributed by atoms with Crippen LogP contribution in [0.3, 0.4) is 0 Å². The van der Waals surface area contributed by atoms with Crippen LogP contribution >= 0.6 is 0 Å². The van der Waals surface area contributed by atoms with Gasteiger partial charge in [0, 0.05) is 18.5 Å². The maximum absolute atomic E-state index is 11.7. The first-order valence-corrected chi connectivity index (χ1v) is 7.69. The van der Waals surface area contributed by atoms with Crippen LogP contribution in [0.1, 0.15) is 52.0 Å². The Labute approximate surface area is 132 Å². The molecule has 0 unspecified atom stereocenters. The molecule has 0 spiro atoms. The van der Waals surface area contributed by atoms with Crippen molar-refractivity contribution < 1.29 is 14.3 Å². The molecular formula is C17H26N2O3. The normalized spacial score (nSPS) is 11.0. The summed E-state index contributed by atoms with van der Waals surface area (Å²) >= 11 is 0. The first-order chi connectivity index (χ1) is 10.3. The highest BCUT2D eigenvalue weighted by Gasteiger charge is 2.22. The first-order valence-electron chi connectivity index (χ1n) is 7.69. The number of unbranched alkanes of at least 4 members (excludes halogenated alkanes) is 2. The number of rotatable bonds is 8. The zero-order chi connectivity index (χ0) is 16.6. The van der Waals surface area contributed by atoms with E-state index in [0.29, 0.717) is 12.8 Å². The molecule has 5 nitrogen and oxygen atoms in total. The highest BCUT2D eigenvalue weighted by molar-refractivity contribution is 5.90. The van der Waals surface area contributed by atoms with Crippen LogP contribution in [0.5, 0.6) is 0 Å². The number of amides is 2. The number of nitrogens with one attached hydrogen (secondary N) is 1. The van der Waals surface area contributed by atoms with Crippen molar-refractivity contribution in [1.29, 1.82) is 0 Å². The third-order valence-electron chi connectivity index (χ3n) is 3.25. The molecule has 0 saturated heterocycles. The lowest BCUT2D eigenvalue weighted by molar-refractivity contribution is -0.116. The van der Waals surface area contributed by atoms with Gasteiger partial charge in [-0.3, -0.25) is 4.79 Å². The van der Waals surface area contributed by atoms with Gasteiger partial charge in [-0.15, -0.1) is 0 Å². The van der Waals surface area contributed by atoms with E-state index in [1.54, 1.807) is 13.8 Å². The van der Waals surface area contributed by atoms with E-state index in [-0.39, 0.29) is 5.91 Å². The molecule has 0 aliphatic rings. The highest BCUT2D eigenvalue weighted by atomic mass is 16.6.